The highest BCUT2D eigenvalue weighted by molar-refractivity contribution is 5.97. The number of esters is 1. The van der Waals surface area contributed by atoms with Crippen LogP contribution in [0.3, 0.4) is 0 Å². The fourth-order valence-electron chi connectivity index (χ4n) is 3.49. The van der Waals surface area contributed by atoms with Gasteiger partial charge >= 0.3 is 5.97 Å². The second-order valence-electron chi connectivity index (χ2n) is 7.22. The summed E-state index contributed by atoms with van der Waals surface area (Å²) >= 11 is 0. The van der Waals surface area contributed by atoms with Crippen LogP contribution in [-0.4, -0.2) is 29.7 Å². The molecule has 1 aromatic heterocycles. The lowest BCUT2D eigenvalue weighted by Gasteiger charge is -2.26. The molecule has 1 amide bonds. The van der Waals surface area contributed by atoms with Crippen molar-refractivity contribution in [3.8, 4) is 0 Å². The van der Waals surface area contributed by atoms with Crippen molar-refractivity contribution in [2.75, 3.05) is 6.61 Å². The zero-order valence-corrected chi connectivity index (χ0v) is 14.6. The Hall–Kier alpha value is -1.85. The lowest BCUT2D eigenvalue weighted by molar-refractivity contribution is -0.147. The molecule has 0 aromatic carbocycles. The Balaban J connectivity index is 1.79. The lowest BCUT2D eigenvalue weighted by atomic mass is 9.89. The average Bonchev–Trinajstić information content (AvgIpc) is 3.47. The number of nitrogens with one attached hydrogen (secondary N) is 1. The van der Waals surface area contributed by atoms with Crippen LogP contribution in [0.25, 0.3) is 0 Å². The summed E-state index contributed by atoms with van der Waals surface area (Å²) in [5.41, 5.74) is 1.02. The van der Waals surface area contributed by atoms with E-state index in [0.717, 1.165) is 25.7 Å². The molecular weight excluding hydrogens is 308 g/mol. The van der Waals surface area contributed by atoms with Crippen molar-refractivity contribution in [1.82, 2.24) is 10.5 Å². The van der Waals surface area contributed by atoms with E-state index >= 15 is 0 Å². The molecule has 3 rings (SSSR count). The normalized spacial score (nSPS) is 18.7. The number of carbonyl (C=O) groups is 2. The van der Waals surface area contributed by atoms with Gasteiger partial charge in [0.15, 0.2) is 0 Å². The zero-order valence-electron chi connectivity index (χ0n) is 14.6. The van der Waals surface area contributed by atoms with Crippen molar-refractivity contribution in [2.45, 2.75) is 58.4 Å². The molecule has 2 aliphatic rings. The quantitative estimate of drug-likeness (QED) is 0.739. The predicted molar refractivity (Wildman–Crippen MR) is 87.4 cm³/mol. The third-order valence-electron chi connectivity index (χ3n) is 4.93. The molecule has 6 nitrogen and oxygen atoms in total. The minimum atomic E-state index is -0.577. The number of carbonyl (C=O) groups excluding carboxylic acids is 2. The Morgan fingerprint density at radius 2 is 1.92 bits per heavy atom. The van der Waals surface area contributed by atoms with Crippen LogP contribution in [0.1, 0.15) is 68.4 Å². The van der Waals surface area contributed by atoms with Gasteiger partial charge in [-0.3, -0.25) is 4.79 Å². The lowest BCUT2D eigenvalue weighted by Crippen LogP contribution is -2.48. The maximum atomic E-state index is 12.7. The van der Waals surface area contributed by atoms with Gasteiger partial charge in [0, 0.05) is 0 Å². The van der Waals surface area contributed by atoms with Crippen LogP contribution in [0.4, 0.5) is 0 Å². The largest absolute Gasteiger partial charge is 0.464 e. The number of nitrogens with zero attached hydrogens (tertiary/aromatic N) is 1. The van der Waals surface area contributed by atoms with Crippen LogP contribution >= 0.6 is 0 Å². The van der Waals surface area contributed by atoms with E-state index in [1.165, 1.54) is 6.26 Å². The fraction of sp³-hybridized carbons (Fsp3) is 0.722. The van der Waals surface area contributed by atoms with E-state index < -0.39 is 6.04 Å². The van der Waals surface area contributed by atoms with Gasteiger partial charge in [-0.1, -0.05) is 19.0 Å². The molecule has 1 heterocycles. The minimum absolute atomic E-state index is 0.0770. The van der Waals surface area contributed by atoms with Crippen LogP contribution in [0, 0.1) is 17.8 Å². The number of rotatable bonds is 8. The summed E-state index contributed by atoms with van der Waals surface area (Å²) in [6.45, 7) is 6.01. The number of aromatic nitrogens is 1. The van der Waals surface area contributed by atoms with E-state index in [9.17, 15) is 9.59 Å². The van der Waals surface area contributed by atoms with Gasteiger partial charge < -0.3 is 14.6 Å². The molecule has 0 unspecified atom stereocenters. The summed E-state index contributed by atoms with van der Waals surface area (Å²) in [5.74, 6) is 0.698. The Kier molecular flexibility index (Phi) is 4.92. The molecule has 1 atom stereocenters. The second-order valence-corrected chi connectivity index (χ2v) is 7.22. The fourth-order valence-corrected chi connectivity index (χ4v) is 3.49. The van der Waals surface area contributed by atoms with Crippen molar-refractivity contribution in [3.05, 3.63) is 17.5 Å². The van der Waals surface area contributed by atoms with Crippen molar-refractivity contribution in [2.24, 2.45) is 17.8 Å². The second kappa shape index (κ2) is 6.95. The third-order valence-corrected chi connectivity index (χ3v) is 4.93. The first-order valence-electron chi connectivity index (χ1n) is 8.94. The summed E-state index contributed by atoms with van der Waals surface area (Å²) in [6, 6.07) is -0.577. The highest BCUT2D eigenvalue weighted by Crippen LogP contribution is 2.50. The Labute approximate surface area is 142 Å². The Bertz CT molecular complexity index is 590. The smallest absolute Gasteiger partial charge is 0.328 e. The van der Waals surface area contributed by atoms with Crippen molar-refractivity contribution >= 4 is 11.9 Å². The van der Waals surface area contributed by atoms with Gasteiger partial charge in [-0.15, -0.1) is 0 Å². The van der Waals surface area contributed by atoms with E-state index in [1.807, 2.05) is 13.8 Å². The zero-order chi connectivity index (χ0) is 17.3. The molecule has 0 saturated heterocycles. The van der Waals surface area contributed by atoms with Gasteiger partial charge in [0.2, 0.25) is 0 Å². The topological polar surface area (TPSA) is 81.4 Å². The summed E-state index contributed by atoms with van der Waals surface area (Å²) in [5, 5.41) is 6.84. The maximum Gasteiger partial charge on any atom is 0.328 e. The average molecular weight is 334 g/mol. The highest BCUT2D eigenvalue weighted by Gasteiger charge is 2.49. The van der Waals surface area contributed by atoms with Crippen LogP contribution in [-0.2, 0) is 9.53 Å². The third kappa shape index (κ3) is 3.62. The van der Waals surface area contributed by atoms with Gasteiger partial charge in [-0.2, -0.15) is 0 Å². The monoisotopic (exact) mass is 334 g/mol. The molecule has 24 heavy (non-hydrogen) atoms. The molecule has 2 aliphatic carbocycles. The molecular formula is C18H26N2O4. The number of ether oxygens (including phenoxy) is 1. The predicted octanol–water partition coefficient (Wildman–Crippen LogP) is 2.90. The summed E-state index contributed by atoms with van der Waals surface area (Å²) in [7, 11) is 0. The number of amides is 1. The first kappa shape index (κ1) is 17.0. The molecule has 2 saturated carbocycles. The van der Waals surface area contributed by atoms with Gasteiger partial charge in [-0.05, 0) is 56.3 Å². The van der Waals surface area contributed by atoms with Crippen LogP contribution in [0.5, 0.6) is 0 Å². The van der Waals surface area contributed by atoms with Gasteiger partial charge in [-0.25, -0.2) is 4.79 Å². The molecule has 2 fully saturated rings. The highest BCUT2D eigenvalue weighted by atomic mass is 16.5. The maximum absolute atomic E-state index is 12.7. The van der Waals surface area contributed by atoms with Gasteiger partial charge in [0.25, 0.3) is 5.91 Å². The van der Waals surface area contributed by atoms with Crippen LogP contribution in [0.15, 0.2) is 10.8 Å². The molecule has 1 aromatic rings. The molecule has 132 valence electrons. The molecule has 0 spiro atoms. The number of hydrogen-bond acceptors (Lipinski definition) is 5. The molecule has 1 N–H and O–H groups in total. The van der Waals surface area contributed by atoms with Crippen molar-refractivity contribution in [3.63, 3.8) is 0 Å². The Morgan fingerprint density at radius 3 is 2.42 bits per heavy atom. The molecule has 6 heteroatoms. The standard InChI is InChI=1S/C18H26N2O4/c1-4-23-18(22)16(14(11-5-6-11)12-7-8-12)19-17(21)13-9-24-20-15(13)10(2)3/h9-12,14,16H,4-8H2,1-3H3,(H,19,21)/t16-/m0/s1. The SMILES string of the molecule is CCOC(=O)[C@@H](NC(=O)c1conc1C(C)C)C(C1CC1)C1CC1. The first-order valence-corrected chi connectivity index (χ1v) is 8.94. The van der Waals surface area contributed by atoms with E-state index in [1.54, 1.807) is 6.92 Å². The number of hydrogen-bond donors (Lipinski definition) is 1. The van der Waals surface area contributed by atoms with Gasteiger partial charge in [0.05, 0.1) is 12.3 Å². The van der Waals surface area contributed by atoms with Gasteiger partial charge in [0.1, 0.15) is 17.9 Å². The molecule has 0 bridgehead atoms. The summed E-state index contributed by atoms with van der Waals surface area (Å²) in [6.07, 6.45) is 5.90. The molecule has 0 radical (unpaired) electrons. The van der Waals surface area contributed by atoms with Crippen LogP contribution < -0.4 is 5.32 Å². The summed E-state index contributed by atoms with van der Waals surface area (Å²) < 4.78 is 10.2. The van der Waals surface area contributed by atoms with Crippen molar-refractivity contribution < 1.29 is 18.8 Å². The minimum Gasteiger partial charge on any atom is -0.464 e. The van der Waals surface area contributed by atoms with Crippen LogP contribution in [0.2, 0.25) is 0 Å². The van der Waals surface area contributed by atoms with E-state index in [4.69, 9.17) is 9.26 Å². The molecule has 0 aliphatic heterocycles. The van der Waals surface area contributed by atoms with E-state index in [2.05, 4.69) is 10.5 Å². The first-order chi connectivity index (χ1) is 11.5. The van der Waals surface area contributed by atoms with Crippen molar-refractivity contribution in [1.29, 1.82) is 0 Å². The van der Waals surface area contributed by atoms with E-state index in [0.29, 0.717) is 29.7 Å². The Morgan fingerprint density at radius 1 is 1.29 bits per heavy atom. The summed E-state index contributed by atoms with van der Waals surface area (Å²) in [4.78, 5) is 25.2. The van der Waals surface area contributed by atoms with E-state index in [-0.39, 0.29) is 23.7 Å².